The van der Waals surface area contributed by atoms with Gasteiger partial charge in [-0.1, -0.05) is 18.2 Å². The van der Waals surface area contributed by atoms with Gasteiger partial charge in [0.15, 0.2) is 5.82 Å². The Morgan fingerprint density at radius 2 is 2.06 bits per heavy atom. The summed E-state index contributed by atoms with van der Waals surface area (Å²) in [6.45, 7) is 2.63. The number of nitriles is 1. The van der Waals surface area contributed by atoms with Crippen molar-refractivity contribution in [2.75, 3.05) is 52.0 Å². The van der Waals surface area contributed by atoms with Crippen LogP contribution in [-0.2, 0) is 9.53 Å². The van der Waals surface area contributed by atoms with Gasteiger partial charge in [-0.2, -0.15) is 15.2 Å². The van der Waals surface area contributed by atoms with Crippen LogP contribution in [0.25, 0.3) is 32.9 Å². The summed E-state index contributed by atoms with van der Waals surface area (Å²) >= 11 is 0. The average molecular weight is 641 g/mol. The van der Waals surface area contributed by atoms with E-state index in [1.165, 1.54) is 11.1 Å². The van der Waals surface area contributed by atoms with E-state index in [1.807, 2.05) is 32.2 Å². The van der Waals surface area contributed by atoms with Gasteiger partial charge in [-0.25, -0.2) is 8.78 Å². The Kier molecular flexibility index (Phi) is 9.33. The van der Waals surface area contributed by atoms with E-state index in [4.69, 9.17) is 14.5 Å². The van der Waals surface area contributed by atoms with E-state index in [9.17, 15) is 14.4 Å². The number of benzene rings is 1. The molecule has 0 spiro atoms. The summed E-state index contributed by atoms with van der Waals surface area (Å²) in [5.74, 6) is -0.782. The van der Waals surface area contributed by atoms with Gasteiger partial charge in [0.05, 0.1) is 29.7 Å². The van der Waals surface area contributed by atoms with Crippen molar-refractivity contribution in [3.63, 3.8) is 0 Å². The van der Waals surface area contributed by atoms with Gasteiger partial charge in [0.1, 0.15) is 30.3 Å². The van der Waals surface area contributed by atoms with Crippen molar-refractivity contribution < 1.29 is 23.0 Å². The molecule has 47 heavy (non-hydrogen) atoms. The van der Waals surface area contributed by atoms with E-state index in [0.717, 1.165) is 41.5 Å². The van der Waals surface area contributed by atoms with E-state index in [1.54, 1.807) is 30.6 Å². The number of aromatic nitrogens is 4. The SMILES string of the molecule is CO[C@@H]1C[C@@H](COc2nc(N3C=C(CC#N)N(C(=O)/C=C/CF)CC3)c3cnc(-c4cncc5cccc(C)c45)c(F)c3n2)N(C)C1. The number of methoxy groups -OCH3 is 1. The maximum Gasteiger partial charge on any atom is 0.319 e. The van der Waals surface area contributed by atoms with Gasteiger partial charge in [-0.15, -0.1) is 0 Å². The lowest BCUT2D eigenvalue weighted by Crippen LogP contribution is -2.41. The predicted molar refractivity (Wildman–Crippen MR) is 173 cm³/mol. The molecule has 0 radical (unpaired) electrons. The molecule has 1 saturated heterocycles. The molecule has 1 amide bonds. The standard InChI is InChI=1S/C34H34F2N8O3/c1-21-6-4-7-22-15-38-16-26(29(21)22)31-30(36)32-27(17-39-31)33(41-34(40-32)47-20-24-14-25(46-3)19-42(24)2)43-12-13-44(23(18-43)9-11-37)28(45)8-5-10-35/h4-8,15-18,24-25H,9-10,12-14,19-20H2,1-3H3/b8-5+/t24-,25+/m0/s1. The third kappa shape index (κ3) is 6.34. The van der Waals surface area contributed by atoms with Gasteiger partial charge in [0, 0.05) is 74.6 Å². The molecule has 11 nitrogen and oxygen atoms in total. The molecular weight excluding hydrogens is 606 g/mol. The summed E-state index contributed by atoms with van der Waals surface area (Å²) in [6, 6.07) is 7.89. The average Bonchev–Trinajstić information content (AvgIpc) is 3.45. The number of likely N-dealkylation sites (tertiary alicyclic amines) is 1. The Labute approximate surface area is 270 Å². The van der Waals surface area contributed by atoms with Crippen molar-refractivity contribution in [2.24, 2.45) is 0 Å². The minimum atomic E-state index is -0.781. The third-order valence-electron chi connectivity index (χ3n) is 8.64. The van der Waals surface area contributed by atoms with Crippen LogP contribution in [0.1, 0.15) is 18.4 Å². The molecule has 2 atom stereocenters. The lowest BCUT2D eigenvalue weighted by atomic mass is 10.00. The van der Waals surface area contributed by atoms with Crippen molar-refractivity contribution in [1.82, 2.24) is 29.7 Å². The lowest BCUT2D eigenvalue weighted by molar-refractivity contribution is -0.124. The smallest absolute Gasteiger partial charge is 0.319 e. The number of pyridine rings is 2. The number of amides is 1. The number of anilines is 1. The number of ether oxygens (including phenoxy) is 2. The van der Waals surface area contributed by atoms with Crippen molar-refractivity contribution in [3.8, 4) is 23.3 Å². The number of aryl methyl sites for hydroxylation is 1. The number of hydrogen-bond donors (Lipinski definition) is 0. The monoisotopic (exact) mass is 640 g/mol. The quantitative estimate of drug-likeness (QED) is 0.238. The van der Waals surface area contributed by atoms with Gasteiger partial charge in [0.2, 0.25) is 0 Å². The first-order chi connectivity index (χ1) is 22.8. The molecule has 242 valence electrons. The Bertz CT molecular complexity index is 1920. The fourth-order valence-electron chi connectivity index (χ4n) is 6.20. The van der Waals surface area contributed by atoms with Crippen LogP contribution in [0.4, 0.5) is 14.6 Å². The van der Waals surface area contributed by atoms with Crippen LogP contribution < -0.4 is 9.64 Å². The first kappa shape index (κ1) is 31.9. The number of nitrogens with zero attached hydrogens (tertiary/aromatic N) is 8. The number of fused-ring (bicyclic) bond motifs is 2. The first-order valence-electron chi connectivity index (χ1n) is 15.3. The summed E-state index contributed by atoms with van der Waals surface area (Å²) in [5, 5.41) is 11.5. The highest BCUT2D eigenvalue weighted by Crippen LogP contribution is 2.36. The molecule has 0 saturated carbocycles. The topological polar surface area (TPSA) is 121 Å². The zero-order valence-electron chi connectivity index (χ0n) is 26.4. The second kappa shape index (κ2) is 13.7. The second-order valence-electron chi connectivity index (χ2n) is 11.6. The Morgan fingerprint density at radius 1 is 1.21 bits per heavy atom. The molecule has 0 unspecified atom stereocenters. The van der Waals surface area contributed by atoms with Gasteiger partial charge < -0.3 is 19.3 Å². The lowest BCUT2D eigenvalue weighted by Gasteiger charge is -2.33. The van der Waals surface area contributed by atoms with Crippen molar-refractivity contribution >= 4 is 33.4 Å². The number of halogens is 2. The largest absolute Gasteiger partial charge is 0.462 e. The van der Waals surface area contributed by atoms with Gasteiger partial charge in [-0.3, -0.25) is 19.7 Å². The molecule has 1 fully saturated rings. The summed E-state index contributed by atoms with van der Waals surface area (Å²) in [4.78, 5) is 36.2. The van der Waals surface area contributed by atoms with Crippen LogP contribution in [0, 0.1) is 24.1 Å². The van der Waals surface area contributed by atoms with Crippen LogP contribution in [0.2, 0.25) is 0 Å². The predicted octanol–water partition coefficient (Wildman–Crippen LogP) is 4.71. The zero-order valence-corrected chi connectivity index (χ0v) is 26.4. The van der Waals surface area contributed by atoms with Gasteiger partial charge in [-0.05, 0) is 37.4 Å². The summed E-state index contributed by atoms with van der Waals surface area (Å²) in [7, 11) is 3.67. The molecule has 0 aliphatic carbocycles. The number of alkyl halides is 1. The number of likely N-dealkylation sites (N-methyl/N-ethyl adjacent to an activating group) is 1. The van der Waals surface area contributed by atoms with Crippen LogP contribution in [0.3, 0.4) is 0 Å². The van der Waals surface area contributed by atoms with E-state index >= 15 is 4.39 Å². The molecule has 3 aromatic heterocycles. The maximum atomic E-state index is 16.7. The summed E-state index contributed by atoms with van der Waals surface area (Å²) in [5.41, 5.74) is 1.98. The zero-order chi connectivity index (χ0) is 33.1. The summed E-state index contributed by atoms with van der Waals surface area (Å²) in [6.07, 6.45) is 9.49. The van der Waals surface area contributed by atoms with E-state index in [0.29, 0.717) is 22.5 Å². The maximum absolute atomic E-state index is 16.7. The Morgan fingerprint density at radius 3 is 2.83 bits per heavy atom. The Balaban J connectivity index is 1.46. The minimum Gasteiger partial charge on any atom is -0.462 e. The molecule has 2 aliphatic rings. The first-order valence-corrected chi connectivity index (χ1v) is 15.3. The fourth-order valence-corrected chi connectivity index (χ4v) is 6.20. The van der Waals surface area contributed by atoms with Crippen molar-refractivity contribution in [3.05, 3.63) is 72.2 Å². The molecule has 2 aliphatic heterocycles. The fraction of sp³-hybridized carbons (Fsp3) is 0.353. The molecule has 1 aromatic carbocycles. The number of allylic oxidation sites excluding steroid dienone is 2. The Hall–Kier alpha value is -5.06. The molecule has 4 aromatic rings. The highest BCUT2D eigenvalue weighted by molar-refractivity contribution is 6.00. The molecule has 0 bridgehead atoms. The van der Waals surface area contributed by atoms with E-state index in [2.05, 4.69) is 25.9 Å². The van der Waals surface area contributed by atoms with E-state index in [-0.39, 0.29) is 55.5 Å². The molecule has 5 heterocycles. The van der Waals surface area contributed by atoms with Gasteiger partial charge >= 0.3 is 6.01 Å². The molecule has 13 heteroatoms. The van der Waals surface area contributed by atoms with Crippen molar-refractivity contribution in [1.29, 1.82) is 5.26 Å². The number of carbonyl (C=O) groups excluding carboxylic acids is 1. The highest BCUT2D eigenvalue weighted by atomic mass is 19.1. The van der Waals surface area contributed by atoms with Crippen LogP contribution >= 0.6 is 0 Å². The highest BCUT2D eigenvalue weighted by Gasteiger charge is 2.31. The number of rotatable bonds is 9. The van der Waals surface area contributed by atoms with Crippen molar-refractivity contribution in [2.45, 2.75) is 31.9 Å². The van der Waals surface area contributed by atoms with Gasteiger partial charge in [0.25, 0.3) is 5.91 Å². The second-order valence-corrected chi connectivity index (χ2v) is 11.6. The molecule has 0 N–H and O–H groups in total. The number of hydrogen-bond acceptors (Lipinski definition) is 10. The van der Waals surface area contributed by atoms with Crippen LogP contribution in [0.15, 0.2) is 60.8 Å². The van der Waals surface area contributed by atoms with Crippen LogP contribution in [0.5, 0.6) is 6.01 Å². The molecular formula is C34H34F2N8O3. The molecule has 6 rings (SSSR count). The summed E-state index contributed by atoms with van der Waals surface area (Å²) < 4.78 is 41.1. The number of carbonyl (C=O) groups is 1. The third-order valence-corrected chi connectivity index (χ3v) is 8.64. The normalized spacial score (nSPS) is 18.7. The van der Waals surface area contributed by atoms with E-state index < -0.39 is 18.4 Å². The minimum absolute atomic E-state index is 0.00903. The van der Waals surface area contributed by atoms with Crippen LogP contribution in [-0.4, -0.2) is 94.9 Å².